The highest BCUT2D eigenvalue weighted by atomic mass is 79.9. The van der Waals surface area contributed by atoms with E-state index in [0.29, 0.717) is 26.1 Å². The van der Waals surface area contributed by atoms with E-state index < -0.39 is 0 Å². The fourth-order valence-corrected chi connectivity index (χ4v) is 2.25. The van der Waals surface area contributed by atoms with Crippen molar-refractivity contribution < 1.29 is 4.74 Å². The lowest BCUT2D eigenvalue weighted by Crippen LogP contribution is -2.05. The number of benzene rings is 1. The molecule has 6 heteroatoms. The molecule has 0 fully saturated rings. The zero-order valence-electron chi connectivity index (χ0n) is 10.0. The Labute approximate surface area is 129 Å². The maximum Gasteiger partial charge on any atom is 0.219 e. The van der Waals surface area contributed by atoms with Crippen LogP contribution in [0.1, 0.15) is 18.5 Å². The molecule has 2 N–H and O–H groups in total. The number of ether oxygens (including phenoxy) is 1. The third kappa shape index (κ3) is 3.60. The van der Waals surface area contributed by atoms with Gasteiger partial charge in [0.05, 0.1) is 10.0 Å². The van der Waals surface area contributed by atoms with Gasteiger partial charge in [0, 0.05) is 28.8 Å². The van der Waals surface area contributed by atoms with Gasteiger partial charge in [0.25, 0.3) is 0 Å². The van der Waals surface area contributed by atoms with Gasteiger partial charge in [-0.2, -0.15) is 0 Å². The SMILES string of the molecule is C[C@H](N)c1ccc(Oc2cc(Cl)c(Br)cc2Cl)nc1. The number of nitrogens with two attached hydrogens (primary N) is 1. The molecule has 0 saturated carbocycles. The Kier molecular flexibility index (Phi) is 4.68. The molecule has 3 nitrogen and oxygen atoms in total. The van der Waals surface area contributed by atoms with E-state index in [4.69, 9.17) is 33.7 Å². The van der Waals surface area contributed by atoms with Crippen molar-refractivity contribution >= 4 is 39.1 Å². The second-order valence-electron chi connectivity index (χ2n) is 4.02. The van der Waals surface area contributed by atoms with Gasteiger partial charge in [0.1, 0.15) is 5.75 Å². The molecule has 0 aliphatic carbocycles. The summed E-state index contributed by atoms with van der Waals surface area (Å²) in [5, 5.41) is 0.973. The van der Waals surface area contributed by atoms with E-state index in [1.54, 1.807) is 24.4 Å². The highest BCUT2D eigenvalue weighted by Crippen LogP contribution is 2.36. The Morgan fingerprint density at radius 2 is 2.00 bits per heavy atom. The van der Waals surface area contributed by atoms with Crippen molar-refractivity contribution in [1.82, 2.24) is 4.98 Å². The molecule has 2 aromatic rings. The van der Waals surface area contributed by atoms with E-state index in [9.17, 15) is 0 Å². The average molecular weight is 362 g/mol. The highest BCUT2D eigenvalue weighted by molar-refractivity contribution is 9.10. The van der Waals surface area contributed by atoms with Crippen LogP contribution in [0.5, 0.6) is 11.6 Å². The molecule has 19 heavy (non-hydrogen) atoms. The fourth-order valence-electron chi connectivity index (χ4n) is 1.42. The smallest absolute Gasteiger partial charge is 0.219 e. The van der Waals surface area contributed by atoms with E-state index in [1.807, 2.05) is 13.0 Å². The van der Waals surface area contributed by atoms with Crippen LogP contribution in [0.3, 0.4) is 0 Å². The molecular formula is C13H11BrCl2N2O. The number of halogens is 3. The number of pyridine rings is 1. The van der Waals surface area contributed by atoms with Crippen LogP contribution in [0, 0.1) is 0 Å². The van der Waals surface area contributed by atoms with E-state index in [0.717, 1.165) is 5.56 Å². The van der Waals surface area contributed by atoms with Crippen LogP contribution >= 0.6 is 39.1 Å². The second kappa shape index (κ2) is 6.09. The average Bonchev–Trinajstić information content (AvgIpc) is 2.36. The monoisotopic (exact) mass is 360 g/mol. The standard InChI is InChI=1S/C13H11BrCl2N2O/c1-7(17)8-2-3-13(18-6-8)19-12-5-10(15)9(14)4-11(12)16/h2-7H,17H2,1H3/t7-/m0/s1. The van der Waals surface area contributed by atoms with Gasteiger partial charge in [0.2, 0.25) is 5.88 Å². The minimum absolute atomic E-state index is 0.0627. The van der Waals surface area contributed by atoms with E-state index in [1.165, 1.54) is 0 Å². The first kappa shape index (κ1) is 14.6. The van der Waals surface area contributed by atoms with Crippen LogP contribution in [0.4, 0.5) is 0 Å². The number of aromatic nitrogens is 1. The summed E-state index contributed by atoms with van der Waals surface area (Å²) in [6.45, 7) is 1.89. The van der Waals surface area contributed by atoms with Gasteiger partial charge in [-0.15, -0.1) is 0 Å². The summed E-state index contributed by atoms with van der Waals surface area (Å²) >= 11 is 15.4. The van der Waals surface area contributed by atoms with Crippen LogP contribution in [0.25, 0.3) is 0 Å². The molecule has 2 rings (SSSR count). The van der Waals surface area contributed by atoms with Crippen LogP contribution in [-0.4, -0.2) is 4.98 Å². The Balaban J connectivity index is 2.24. The Bertz CT molecular complexity index is 588. The maximum absolute atomic E-state index is 6.07. The molecule has 0 radical (unpaired) electrons. The molecule has 0 spiro atoms. The zero-order valence-corrected chi connectivity index (χ0v) is 13.1. The topological polar surface area (TPSA) is 48.1 Å². The summed E-state index contributed by atoms with van der Waals surface area (Å²) in [5.74, 6) is 0.889. The molecule has 0 amide bonds. The van der Waals surface area contributed by atoms with Gasteiger partial charge in [-0.3, -0.25) is 0 Å². The first-order chi connectivity index (χ1) is 8.97. The van der Waals surface area contributed by atoms with E-state index in [-0.39, 0.29) is 6.04 Å². The van der Waals surface area contributed by atoms with Crippen molar-refractivity contribution in [2.24, 2.45) is 5.73 Å². The maximum atomic E-state index is 6.07. The summed E-state index contributed by atoms with van der Waals surface area (Å²) in [6, 6.07) is 6.85. The largest absolute Gasteiger partial charge is 0.437 e. The van der Waals surface area contributed by atoms with Crippen LogP contribution in [0.15, 0.2) is 34.9 Å². The van der Waals surface area contributed by atoms with Gasteiger partial charge in [-0.25, -0.2) is 4.98 Å². The zero-order chi connectivity index (χ0) is 14.0. The first-order valence-corrected chi connectivity index (χ1v) is 7.06. The highest BCUT2D eigenvalue weighted by Gasteiger charge is 2.09. The van der Waals surface area contributed by atoms with Crippen molar-refractivity contribution in [1.29, 1.82) is 0 Å². The van der Waals surface area contributed by atoms with E-state index in [2.05, 4.69) is 20.9 Å². The number of hydrogen-bond acceptors (Lipinski definition) is 3. The predicted octanol–water partition coefficient (Wildman–Crippen LogP) is 4.96. The summed E-state index contributed by atoms with van der Waals surface area (Å²) in [4.78, 5) is 4.17. The molecule has 0 unspecified atom stereocenters. The lowest BCUT2D eigenvalue weighted by atomic mass is 10.2. The molecule has 1 aromatic heterocycles. The number of rotatable bonds is 3. The summed E-state index contributed by atoms with van der Waals surface area (Å²) in [6.07, 6.45) is 1.67. The van der Waals surface area contributed by atoms with Gasteiger partial charge >= 0.3 is 0 Å². The summed E-state index contributed by atoms with van der Waals surface area (Å²) < 4.78 is 6.31. The molecular weight excluding hydrogens is 351 g/mol. The molecule has 0 bridgehead atoms. The minimum Gasteiger partial charge on any atom is -0.437 e. The molecule has 1 aromatic carbocycles. The second-order valence-corrected chi connectivity index (χ2v) is 5.69. The Hall–Kier alpha value is -0.810. The number of hydrogen-bond donors (Lipinski definition) is 1. The predicted molar refractivity (Wildman–Crippen MR) is 81.1 cm³/mol. The molecule has 100 valence electrons. The van der Waals surface area contributed by atoms with Crippen molar-refractivity contribution in [3.05, 3.63) is 50.5 Å². The van der Waals surface area contributed by atoms with Gasteiger partial charge < -0.3 is 10.5 Å². The molecule has 0 aliphatic heterocycles. The third-order valence-corrected chi connectivity index (χ3v) is 3.97. The van der Waals surface area contributed by atoms with Crippen molar-refractivity contribution in [2.75, 3.05) is 0 Å². The van der Waals surface area contributed by atoms with Crippen LogP contribution < -0.4 is 10.5 Å². The van der Waals surface area contributed by atoms with Gasteiger partial charge in [-0.1, -0.05) is 29.3 Å². The minimum atomic E-state index is -0.0627. The molecule has 0 saturated heterocycles. The Morgan fingerprint density at radius 3 is 2.58 bits per heavy atom. The summed E-state index contributed by atoms with van der Waals surface area (Å²) in [7, 11) is 0. The van der Waals surface area contributed by atoms with Crippen LogP contribution in [0.2, 0.25) is 10.0 Å². The normalized spacial score (nSPS) is 12.3. The third-order valence-electron chi connectivity index (χ3n) is 2.47. The Morgan fingerprint density at radius 1 is 1.26 bits per heavy atom. The molecule has 1 heterocycles. The van der Waals surface area contributed by atoms with Crippen LogP contribution in [-0.2, 0) is 0 Å². The fraction of sp³-hybridized carbons (Fsp3) is 0.154. The van der Waals surface area contributed by atoms with Gasteiger partial charge in [0.15, 0.2) is 0 Å². The quantitative estimate of drug-likeness (QED) is 0.785. The molecule has 1 atom stereocenters. The molecule has 0 aliphatic rings. The summed E-state index contributed by atoms with van der Waals surface area (Å²) in [5.41, 5.74) is 6.69. The van der Waals surface area contributed by atoms with Crippen molar-refractivity contribution in [2.45, 2.75) is 13.0 Å². The lowest BCUT2D eigenvalue weighted by Gasteiger charge is -2.09. The van der Waals surface area contributed by atoms with Gasteiger partial charge in [-0.05, 0) is 34.5 Å². The number of nitrogens with zero attached hydrogens (tertiary/aromatic N) is 1. The van der Waals surface area contributed by atoms with Crippen molar-refractivity contribution in [3.63, 3.8) is 0 Å². The van der Waals surface area contributed by atoms with Crippen molar-refractivity contribution in [3.8, 4) is 11.6 Å². The first-order valence-electron chi connectivity index (χ1n) is 5.51. The lowest BCUT2D eigenvalue weighted by molar-refractivity contribution is 0.462. The van der Waals surface area contributed by atoms with E-state index >= 15 is 0 Å².